The van der Waals surface area contributed by atoms with Crippen LogP contribution in [-0.2, 0) is 11.3 Å². The number of allylic oxidation sites excluding steroid dienone is 1. The van der Waals surface area contributed by atoms with E-state index in [9.17, 15) is 0 Å². The predicted molar refractivity (Wildman–Crippen MR) is 77.5 cm³/mol. The van der Waals surface area contributed by atoms with E-state index in [2.05, 4.69) is 31.4 Å². The quantitative estimate of drug-likeness (QED) is 0.444. The van der Waals surface area contributed by atoms with Crippen molar-refractivity contribution in [3.63, 3.8) is 0 Å². The Morgan fingerprint density at radius 1 is 1.11 bits per heavy atom. The number of hydrogen-bond donors (Lipinski definition) is 0. The van der Waals surface area contributed by atoms with Gasteiger partial charge in [0.05, 0.1) is 6.61 Å². The lowest BCUT2D eigenvalue weighted by Gasteiger charge is -2.04. The van der Waals surface area contributed by atoms with Crippen LogP contribution in [0.3, 0.4) is 0 Å². The molecule has 0 amide bonds. The molecule has 1 nitrogen and oxygen atoms in total. The van der Waals surface area contributed by atoms with E-state index in [0.29, 0.717) is 0 Å². The van der Waals surface area contributed by atoms with E-state index < -0.39 is 0 Å². The van der Waals surface area contributed by atoms with Crippen LogP contribution in [0.25, 0.3) is 0 Å². The highest BCUT2D eigenvalue weighted by molar-refractivity contribution is 5.13. The highest BCUT2D eigenvalue weighted by Gasteiger charge is 1.94. The molecule has 0 aliphatic carbocycles. The van der Waals surface area contributed by atoms with E-state index in [1.165, 1.54) is 30.4 Å². The summed E-state index contributed by atoms with van der Waals surface area (Å²) in [5, 5.41) is 0. The lowest BCUT2D eigenvalue weighted by Crippen LogP contribution is -1.95. The van der Waals surface area contributed by atoms with Gasteiger partial charge in [0.1, 0.15) is 0 Å². The van der Waals surface area contributed by atoms with Crippen molar-refractivity contribution in [3.05, 3.63) is 53.8 Å². The van der Waals surface area contributed by atoms with Crippen LogP contribution < -0.4 is 0 Å². The first-order valence-corrected chi connectivity index (χ1v) is 6.80. The van der Waals surface area contributed by atoms with Crippen LogP contribution in [0, 0.1) is 0 Å². The summed E-state index contributed by atoms with van der Waals surface area (Å²) in [4.78, 5) is 0. The molecule has 0 saturated carbocycles. The first-order chi connectivity index (χ1) is 8.83. The third-order valence-corrected chi connectivity index (χ3v) is 3.00. The van der Waals surface area contributed by atoms with Gasteiger partial charge in [-0.25, -0.2) is 0 Å². The van der Waals surface area contributed by atoms with E-state index in [0.717, 1.165) is 26.1 Å². The van der Waals surface area contributed by atoms with Gasteiger partial charge in [-0.3, -0.25) is 0 Å². The van der Waals surface area contributed by atoms with Gasteiger partial charge in [-0.2, -0.15) is 0 Å². The second-order valence-corrected chi connectivity index (χ2v) is 4.66. The van der Waals surface area contributed by atoms with Gasteiger partial charge in [0.25, 0.3) is 0 Å². The van der Waals surface area contributed by atoms with Crippen molar-refractivity contribution >= 4 is 0 Å². The van der Waals surface area contributed by atoms with Gasteiger partial charge in [-0.05, 0) is 37.3 Å². The van der Waals surface area contributed by atoms with Crippen LogP contribution in [0.4, 0.5) is 0 Å². The minimum Gasteiger partial charge on any atom is -0.377 e. The van der Waals surface area contributed by atoms with Crippen molar-refractivity contribution in [2.24, 2.45) is 0 Å². The van der Waals surface area contributed by atoms with Crippen LogP contribution >= 0.6 is 0 Å². The molecule has 0 N–H and O–H groups in total. The van der Waals surface area contributed by atoms with Gasteiger partial charge in [-0.1, -0.05) is 49.8 Å². The molecule has 0 radical (unpaired) electrons. The third kappa shape index (κ3) is 7.11. The molecule has 0 heterocycles. The van der Waals surface area contributed by atoms with E-state index in [1.807, 2.05) is 18.2 Å². The summed E-state index contributed by atoms with van der Waals surface area (Å²) in [6.45, 7) is 7.34. The largest absolute Gasteiger partial charge is 0.377 e. The molecule has 0 spiro atoms. The smallest absolute Gasteiger partial charge is 0.0716 e. The number of hydrogen-bond acceptors (Lipinski definition) is 1. The minimum atomic E-state index is 0.735. The van der Waals surface area contributed by atoms with Crippen LogP contribution in [0.2, 0.25) is 0 Å². The van der Waals surface area contributed by atoms with Crippen molar-refractivity contribution in [3.8, 4) is 0 Å². The van der Waals surface area contributed by atoms with Crippen molar-refractivity contribution in [1.82, 2.24) is 0 Å². The first-order valence-electron chi connectivity index (χ1n) is 6.80. The van der Waals surface area contributed by atoms with E-state index in [-0.39, 0.29) is 0 Å². The van der Waals surface area contributed by atoms with Gasteiger partial charge in [0.2, 0.25) is 0 Å². The van der Waals surface area contributed by atoms with Crippen LogP contribution in [0.5, 0.6) is 0 Å². The standard InChI is InChI=1S/C17H24O/c1-3-16(2)11-7-4-5-10-14-18-15-17-12-8-6-9-13-17/h6,8-9,12-13H,1,4-5,7,10-11,14-15H2,2H3. The lowest BCUT2D eigenvalue weighted by atomic mass is 10.1. The van der Waals surface area contributed by atoms with E-state index in [4.69, 9.17) is 4.74 Å². The molecule has 0 fully saturated rings. The maximum Gasteiger partial charge on any atom is 0.0716 e. The zero-order valence-corrected chi connectivity index (χ0v) is 11.5. The van der Waals surface area contributed by atoms with Gasteiger partial charge in [0, 0.05) is 6.61 Å². The van der Waals surface area contributed by atoms with E-state index in [1.54, 1.807) is 0 Å². The molecule has 1 aromatic carbocycles. The number of unbranched alkanes of at least 4 members (excludes halogenated alkanes) is 3. The second-order valence-electron chi connectivity index (χ2n) is 4.66. The Balaban J connectivity index is 1.92. The molecular weight excluding hydrogens is 220 g/mol. The summed E-state index contributed by atoms with van der Waals surface area (Å²) in [7, 11) is 0. The van der Waals surface area contributed by atoms with Crippen molar-refractivity contribution in [2.75, 3.05) is 6.61 Å². The van der Waals surface area contributed by atoms with Gasteiger partial charge < -0.3 is 4.74 Å². The molecule has 1 aromatic rings. The van der Waals surface area contributed by atoms with Crippen molar-refractivity contribution < 1.29 is 4.74 Å². The predicted octanol–water partition coefficient (Wildman–Crippen LogP) is 4.88. The van der Waals surface area contributed by atoms with Crippen molar-refractivity contribution in [1.29, 1.82) is 0 Å². The summed E-state index contributed by atoms with van der Waals surface area (Å²) in [6, 6.07) is 10.3. The monoisotopic (exact) mass is 244 g/mol. The Kier molecular flexibility index (Phi) is 7.96. The Bertz CT molecular complexity index is 360. The van der Waals surface area contributed by atoms with Crippen LogP contribution in [-0.4, -0.2) is 6.61 Å². The SMILES string of the molecule is C=C=C(C)CCCCCCOCc1ccccc1. The topological polar surface area (TPSA) is 9.23 Å². The number of rotatable bonds is 9. The molecule has 0 bridgehead atoms. The molecule has 1 rings (SSSR count). The van der Waals surface area contributed by atoms with Gasteiger partial charge in [0.15, 0.2) is 0 Å². The van der Waals surface area contributed by atoms with Crippen LogP contribution in [0.1, 0.15) is 44.6 Å². The molecule has 0 aliphatic rings. The Morgan fingerprint density at radius 2 is 1.83 bits per heavy atom. The molecule has 0 saturated heterocycles. The normalized spacial score (nSPS) is 10.1. The molecule has 98 valence electrons. The fourth-order valence-corrected chi connectivity index (χ4v) is 1.80. The first kappa shape index (κ1) is 14.8. The number of ether oxygens (including phenoxy) is 1. The van der Waals surface area contributed by atoms with Gasteiger partial charge in [-0.15, -0.1) is 5.73 Å². The minimum absolute atomic E-state index is 0.735. The Hall–Kier alpha value is -1.30. The van der Waals surface area contributed by atoms with Gasteiger partial charge >= 0.3 is 0 Å². The summed E-state index contributed by atoms with van der Waals surface area (Å²) < 4.78 is 5.64. The lowest BCUT2D eigenvalue weighted by molar-refractivity contribution is 0.117. The fraction of sp³-hybridized carbons (Fsp3) is 0.471. The molecule has 0 atom stereocenters. The third-order valence-electron chi connectivity index (χ3n) is 3.00. The maximum absolute atomic E-state index is 5.64. The average Bonchev–Trinajstić information content (AvgIpc) is 2.42. The molecule has 1 heteroatoms. The highest BCUT2D eigenvalue weighted by atomic mass is 16.5. The average molecular weight is 244 g/mol. The van der Waals surface area contributed by atoms with Crippen LogP contribution in [0.15, 0.2) is 48.2 Å². The molecular formula is C17H24O. The summed E-state index contributed by atoms with van der Waals surface area (Å²) >= 11 is 0. The Labute approximate surface area is 111 Å². The molecule has 18 heavy (non-hydrogen) atoms. The fourth-order valence-electron chi connectivity index (χ4n) is 1.80. The summed E-state index contributed by atoms with van der Waals surface area (Å²) in [5.74, 6) is 0. The van der Waals surface area contributed by atoms with Crippen molar-refractivity contribution in [2.45, 2.75) is 45.6 Å². The number of benzene rings is 1. The molecule has 0 unspecified atom stereocenters. The summed E-state index contributed by atoms with van der Waals surface area (Å²) in [5.41, 5.74) is 5.46. The zero-order chi connectivity index (χ0) is 13.1. The zero-order valence-electron chi connectivity index (χ0n) is 11.5. The van der Waals surface area contributed by atoms with E-state index >= 15 is 0 Å². The highest BCUT2D eigenvalue weighted by Crippen LogP contribution is 2.09. The second kappa shape index (κ2) is 9.70. The Morgan fingerprint density at radius 3 is 2.56 bits per heavy atom. The molecule has 0 aliphatic heterocycles. The summed E-state index contributed by atoms with van der Waals surface area (Å²) in [6.07, 6.45) is 6.05. The maximum atomic E-state index is 5.64. The molecule has 0 aromatic heterocycles.